The lowest BCUT2D eigenvalue weighted by atomic mass is 10.2. The van der Waals surface area contributed by atoms with Crippen molar-refractivity contribution in [1.29, 1.82) is 5.26 Å². The minimum atomic E-state index is -0.856. The fourth-order valence-electron chi connectivity index (χ4n) is 2.05. The number of anilines is 1. The van der Waals surface area contributed by atoms with Crippen molar-refractivity contribution in [3.63, 3.8) is 0 Å². The Bertz CT molecular complexity index is 568. The van der Waals surface area contributed by atoms with Gasteiger partial charge in [0.15, 0.2) is 0 Å². The standard InChI is InChI=1S/C14H17N3O2S/c1-11-5-6-17(7-8-20(11)19)14(18)16-13-4-2-3-12(9-13)10-15/h2-4,9,11H,5-8H2,1H3,(H,16,18). The fraction of sp³-hybridized carbons (Fsp3) is 0.429. The molecule has 2 unspecified atom stereocenters. The molecule has 0 aromatic heterocycles. The van der Waals surface area contributed by atoms with Crippen molar-refractivity contribution in [3.8, 4) is 6.07 Å². The van der Waals surface area contributed by atoms with E-state index in [0.717, 1.165) is 6.42 Å². The molecule has 6 heteroatoms. The topological polar surface area (TPSA) is 73.2 Å². The maximum atomic E-state index is 12.2. The van der Waals surface area contributed by atoms with Crippen LogP contribution in [0, 0.1) is 11.3 Å². The van der Waals surface area contributed by atoms with Gasteiger partial charge in [-0.2, -0.15) is 5.26 Å². The van der Waals surface area contributed by atoms with Crippen LogP contribution in [0.1, 0.15) is 18.9 Å². The third kappa shape index (κ3) is 3.58. The zero-order valence-electron chi connectivity index (χ0n) is 11.3. The minimum absolute atomic E-state index is 0.134. The first-order valence-electron chi connectivity index (χ1n) is 6.53. The van der Waals surface area contributed by atoms with E-state index < -0.39 is 10.8 Å². The van der Waals surface area contributed by atoms with Gasteiger partial charge < -0.3 is 10.2 Å². The third-order valence-corrected chi connectivity index (χ3v) is 5.07. The quantitative estimate of drug-likeness (QED) is 0.859. The van der Waals surface area contributed by atoms with Crippen LogP contribution in [0.2, 0.25) is 0 Å². The van der Waals surface area contributed by atoms with E-state index in [1.807, 2.05) is 13.0 Å². The van der Waals surface area contributed by atoms with Gasteiger partial charge in [-0.15, -0.1) is 0 Å². The predicted molar refractivity (Wildman–Crippen MR) is 78.8 cm³/mol. The number of nitrogens with zero attached hydrogens (tertiary/aromatic N) is 2. The van der Waals surface area contributed by atoms with Crippen LogP contribution in [-0.4, -0.2) is 39.2 Å². The van der Waals surface area contributed by atoms with Crippen LogP contribution in [0.3, 0.4) is 0 Å². The molecule has 20 heavy (non-hydrogen) atoms. The van der Waals surface area contributed by atoms with E-state index in [2.05, 4.69) is 5.32 Å². The van der Waals surface area contributed by atoms with Crippen molar-refractivity contribution in [3.05, 3.63) is 29.8 Å². The van der Waals surface area contributed by atoms with Gasteiger partial charge in [-0.05, 0) is 24.6 Å². The molecule has 2 atom stereocenters. The van der Waals surface area contributed by atoms with Gasteiger partial charge in [0, 0.05) is 40.6 Å². The summed E-state index contributed by atoms with van der Waals surface area (Å²) < 4.78 is 11.7. The summed E-state index contributed by atoms with van der Waals surface area (Å²) in [6, 6.07) is 8.63. The number of hydrogen-bond donors (Lipinski definition) is 1. The molecule has 2 rings (SSSR count). The zero-order valence-corrected chi connectivity index (χ0v) is 12.2. The monoisotopic (exact) mass is 291 g/mol. The molecule has 1 N–H and O–H groups in total. The summed E-state index contributed by atoms with van der Waals surface area (Å²) in [5.41, 5.74) is 1.11. The Hall–Kier alpha value is -1.87. The Labute approximate surface area is 121 Å². The highest BCUT2D eigenvalue weighted by molar-refractivity contribution is 7.85. The Balaban J connectivity index is 2.01. The lowest BCUT2D eigenvalue weighted by Crippen LogP contribution is -2.36. The first-order valence-corrected chi connectivity index (χ1v) is 7.91. The smallest absolute Gasteiger partial charge is 0.321 e. The average molecular weight is 291 g/mol. The van der Waals surface area contributed by atoms with E-state index >= 15 is 0 Å². The Morgan fingerprint density at radius 2 is 2.30 bits per heavy atom. The van der Waals surface area contributed by atoms with E-state index in [0.29, 0.717) is 30.1 Å². The summed E-state index contributed by atoms with van der Waals surface area (Å²) >= 11 is 0. The lowest BCUT2D eigenvalue weighted by molar-refractivity contribution is 0.215. The minimum Gasteiger partial charge on any atom is -0.324 e. The third-order valence-electron chi connectivity index (χ3n) is 3.35. The number of urea groups is 1. The van der Waals surface area contributed by atoms with Gasteiger partial charge in [-0.25, -0.2) is 4.79 Å². The van der Waals surface area contributed by atoms with Crippen molar-refractivity contribution in [2.75, 3.05) is 24.2 Å². The highest BCUT2D eigenvalue weighted by Gasteiger charge is 2.22. The molecule has 1 aliphatic rings. The van der Waals surface area contributed by atoms with Crippen molar-refractivity contribution >= 4 is 22.5 Å². The summed E-state index contributed by atoms with van der Waals surface area (Å²) in [6.07, 6.45) is 0.748. The van der Waals surface area contributed by atoms with Gasteiger partial charge in [0.1, 0.15) is 0 Å². The van der Waals surface area contributed by atoms with Crippen LogP contribution in [0.15, 0.2) is 24.3 Å². The van der Waals surface area contributed by atoms with Gasteiger partial charge in [0.2, 0.25) is 0 Å². The molecule has 5 nitrogen and oxygen atoms in total. The molecule has 106 valence electrons. The zero-order chi connectivity index (χ0) is 14.5. The van der Waals surface area contributed by atoms with Gasteiger partial charge in [-0.1, -0.05) is 13.0 Å². The van der Waals surface area contributed by atoms with Crippen LogP contribution in [0.4, 0.5) is 10.5 Å². The number of amides is 2. The van der Waals surface area contributed by atoms with Crippen molar-refractivity contribution in [2.45, 2.75) is 18.6 Å². The van der Waals surface area contributed by atoms with Crippen LogP contribution in [0.5, 0.6) is 0 Å². The number of nitriles is 1. The number of carbonyl (C=O) groups excluding carboxylic acids is 1. The number of carbonyl (C=O) groups is 1. The molecule has 0 saturated carbocycles. The second-order valence-corrected chi connectivity index (χ2v) is 6.77. The Morgan fingerprint density at radius 1 is 1.50 bits per heavy atom. The highest BCUT2D eigenvalue weighted by Crippen LogP contribution is 2.13. The molecule has 1 fully saturated rings. The molecule has 0 radical (unpaired) electrons. The normalized spacial score (nSPS) is 22.7. The first-order chi connectivity index (χ1) is 9.60. The van der Waals surface area contributed by atoms with Gasteiger partial charge >= 0.3 is 6.03 Å². The molecule has 1 aromatic carbocycles. The summed E-state index contributed by atoms with van der Waals surface area (Å²) in [5.74, 6) is 0.521. The summed E-state index contributed by atoms with van der Waals surface area (Å²) in [7, 11) is -0.856. The number of hydrogen-bond acceptors (Lipinski definition) is 3. The molecule has 1 saturated heterocycles. The van der Waals surface area contributed by atoms with Gasteiger partial charge in [0.25, 0.3) is 0 Å². The molecule has 0 bridgehead atoms. The predicted octanol–water partition coefficient (Wildman–Crippen LogP) is 1.93. The molecule has 1 heterocycles. The molecule has 2 amide bonds. The number of benzene rings is 1. The lowest BCUT2D eigenvalue weighted by Gasteiger charge is -2.20. The second-order valence-electron chi connectivity index (χ2n) is 4.79. The fourth-order valence-corrected chi connectivity index (χ4v) is 3.23. The van der Waals surface area contributed by atoms with E-state index in [9.17, 15) is 9.00 Å². The van der Waals surface area contributed by atoms with E-state index in [1.54, 1.807) is 29.2 Å². The van der Waals surface area contributed by atoms with Crippen LogP contribution >= 0.6 is 0 Å². The first kappa shape index (κ1) is 14.5. The van der Waals surface area contributed by atoms with Crippen molar-refractivity contribution < 1.29 is 9.00 Å². The Morgan fingerprint density at radius 3 is 3.05 bits per heavy atom. The van der Waals surface area contributed by atoms with Crippen molar-refractivity contribution in [1.82, 2.24) is 4.90 Å². The highest BCUT2D eigenvalue weighted by atomic mass is 32.2. The molecule has 1 aromatic rings. The largest absolute Gasteiger partial charge is 0.324 e. The molecule has 0 aliphatic carbocycles. The number of nitrogens with one attached hydrogen (secondary N) is 1. The summed E-state index contributed by atoms with van der Waals surface area (Å²) in [5, 5.41) is 11.7. The van der Waals surface area contributed by atoms with Crippen LogP contribution in [0.25, 0.3) is 0 Å². The molecule has 0 spiro atoms. The maximum absolute atomic E-state index is 12.2. The van der Waals surface area contributed by atoms with Crippen molar-refractivity contribution in [2.24, 2.45) is 0 Å². The van der Waals surface area contributed by atoms with Crippen LogP contribution < -0.4 is 5.32 Å². The Kier molecular flexibility index (Phi) is 4.74. The molecular weight excluding hydrogens is 274 g/mol. The van der Waals surface area contributed by atoms with E-state index in [4.69, 9.17) is 5.26 Å². The van der Waals surface area contributed by atoms with E-state index in [1.165, 1.54) is 0 Å². The molecule has 1 aliphatic heterocycles. The van der Waals surface area contributed by atoms with Gasteiger partial charge in [0.05, 0.1) is 11.6 Å². The summed E-state index contributed by atoms with van der Waals surface area (Å²) in [4.78, 5) is 13.8. The van der Waals surface area contributed by atoms with E-state index in [-0.39, 0.29) is 11.3 Å². The second kappa shape index (κ2) is 6.53. The average Bonchev–Trinajstić information content (AvgIpc) is 2.62. The SMILES string of the molecule is CC1CCN(C(=O)Nc2cccc(C#N)c2)CCS1=O. The number of rotatable bonds is 1. The van der Waals surface area contributed by atoms with Crippen LogP contribution in [-0.2, 0) is 10.8 Å². The van der Waals surface area contributed by atoms with Gasteiger partial charge in [-0.3, -0.25) is 4.21 Å². The maximum Gasteiger partial charge on any atom is 0.321 e. The summed E-state index contributed by atoms with van der Waals surface area (Å²) in [6.45, 7) is 3.06. The molecular formula is C14H17N3O2S.